The molecule has 0 aliphatic carbocycles. The molecule has 0 saturated carbocycles. The van der Waals surface area contributed by atoms with E-state index in [0.29, 0.717) is 5.82 Å². The second-order valence-electron chi connectivity index (χ2n) is 4.99. The van der Waals surface area contributed by atoms with Gasteiger partial charge < -0.3 is 9.88 Å². The highest BCUT2D eigenvalue weighted by atomic mass is 19.1. The molecule has 2 heterocycles. The summed E-state index contributed by atoms with van der Waals surface area (Å²) in [5.41, 5.74) is -0.409. The maximum Gasteiger partial charge on any atom is 0.327 e. The topological polar surface area (TPSA) is 85.9 Å². The van der Waals surface area contributed by atoms with Crippen LogP contribution in [-0.4, -0.2) is 19.7 Å². The molecule has 0 saturated heterocycles. The lowest BCUT2D eigenvalue weighted by Gasteiger charge is -2.15. The molecular weight excluding hydrogens is 277 g/mol. The fourth-order valence-corrected chi connectivity index (χ4v) is 2.61. The molecule has 0 amide bonds. The number of nitro groups is 1. The largest absolute Gasteiger partial charge is 0.370 e. The Bertz CT molecular complexity index is 700. The van der Waals surface area contributed by atoms with E-state index in [0.717, 1.165) is 31.3 Å². The molecule has 1 aliphatic rings. The molecule has 1 aromatic heterocycles. The molecule has 0 bridgehead atoms. The molecule has 1 aliphatic heterocycles. The predicted octanol–water partition coefficient (Wildman–Crippen LogP) is 2.44. The third-order valence-electron chi connectivity index (χ3n) is 3.57. The number of nitrogens with zero attached hydrogens (tertiary/aromatic N) is 4. The number of para-hydroxylation sites is 1. The molecule has 0 radical (unpaired) electrons. The van der Waals surface area contributed by atoms with E-state index < -0.39 is 16.4 Å². The Balaban J connectivity index is 1.90. The summed E-state index contributed by atoms with van der Waals surface area (Å²) in [6.07, 6.45) is 1.91. The van der Waals surface area contributed by atoms with Crippen molar-refractivity contribution in [2.24, 2.45) is 0 Å². The van der Waals surface area contributed by atoms with Crippen LogP contribution in [0.3, 0.4) is 0 Å². The second-order valence-corrected chi connectivity index (χ2v) is 4.99. The van der Waals surface area contributed by atoms with Crippen LogP contribution in [-0.2, 0) is 13.0 Å². The summed E-state index contributed by atoms with van der Waals surface area (Å²) in [7, 11) is 0. The van der Waals surface area contributed by atoms with Crippen molar-refractivity contribution < 1.29 is 9.31 Å². The quantitative estimate of drug-likeness (QED) is 0.690. The Morgan fingerprint density at radius 2 is 2.29 bits per heavy atom. The number of benzene rings is 1. The predicted molar refractivity (Wildman–Crippen MR) is 73.4 cm³/mol. The molecule has 7 nitrogen and oxygen atoms in total. The highest BCUT2D eigenvalue weighted by molar-refractivity contribution is 5.62. The standard InChI is InChI=1S/C13H14FN5O2/c1-8(13-17-16-11-6-3-7-18(11)13)15-10-5-2-4-9(14)12(10)19(20)21/h2,4-5,8,15H,3,6-7H2,1H3/t8-/m0/s1. The molecule has 2 aromatic rings. The fourth-order valence-electron chi connectivity index (χ4n) is 2.61. The number of aryl methyl sites for hydroxylation is 1. The number of rotatable bonds is 4. The summed E-state index contributed by atoms with van der Waals surface area (Å²) < 4.78 is 15.6. The zero-order valence-electron chi connectivity index (χ0n) is 11.4. The zero-order chi connectivity index (χ0) is 15.0. The van der Waals surface area contributed by atoms with E-state index in [1.165, 1.54) is 12.1 Å². The number of hydrogen-bond acceptors (Lipinski definition) is 5. The van der Waals surface area contributed by atoms with Crippen molar-refractivity contribution in [3.63, 3.8) is 0 Å². The summed E-state index contributed by atoms with van der Waals surface area (Å²) in [5, 5.41) is 22.2. The smallest absolute Gasteiger partial charge is 0.327 e. The third kappa shape index (κ3) is 2.32. The molecule has 0 fully saturated rings. The van der Waals surface area contributed by atoms with Crippen molar-refractivity contribution in [1.82, 2.24) is 14.8 Å². The van der Waals surface area contributed by atoms with Crippen LogP contribution in [0.4, 0.5) is 15.8 Å². The van der Waals surface area contributed by atoms with Gasteiger partial charge >= 0.3 is 5.69 Å². The van der Waals surface area contributed by atoms with E-state index in [1.807, 2.05) is 11.5 Å². The fraction of sp³-hybridized carbons (Fsp3) is 0.385. The summed E-state index contributed by atoms with van der Waals surface area (Å²) in [5.74, 6) is 0.775. The van der Waals surface area contributed by atoms with Crippen LogP contribution in [0.2, 0.25) is 0 Å². The van der Waals surface area contributed by atoms with Gasteiger partial charge in [0.25, 0.3) is 0 Å². The van der Waals surface area contributed by atoms with E-state index in [-0.39, 0.29) is 11.7 Å². The van der Waals surface area contributed by atoms with Crippen LogP contribution in [0.5, 0.6) is 0 Å². The molecule has 8 heteroatoms. The van der Waals surface area contributed by atoms with Gasteiger partial charge in [0.15, 0.2) is 5.82 Å². The first kappa shape index (κ1) is 13.5. The minimum atomic E-state index is -0.858. The molecule has 1 atom stereocenters. The number of nitro benzene ring substituents is 1. The van der Waals surface area contributed by atoms with E-state index >= 15 is 0 Å². The van der Waals surface area contributed by atoms with Gasteiger partial charge in [-0.2, -0.15) is 4.39 Å². The Morgan fingerprint density at radius 1 is 1.48 bits per heavy atom. The number of fused-ring (bicyclic) bond motifs is 1. The molecule has 0 unspecified atom stereocenters. The average molecular weight is 291 g/mol. The minimum Gasteiger partial charge on any atom is -0.370 e. The van der Waals surface area contributed by atoms with E-state index in [9.17, 15) is 14.5 Å². The van der Waals surface area contributed by atoms with E-state index in [1.54, 1.807) is 0 Å². The summed E-state index contributed by atoms with van der Waals surface area (Å²) >= 11 is 0. The van der Waals surface area contributed by atoms with E-state index in [4.69, 9.17) is 0 Å². The average Bonchev–Trinajstić information content (AvgIpc) is 2.99. The number of hydrogen-bond donors (Lipinski definition) is 1. The van der Waals surface area contributed by atoms with Crippen LogP contribution in [0.1, 0.15) is 31.0 Å². The minimum absolute atomic E-state index is 0.142. The van der Waals surface area contributed by atoms with Gasteiger partial charge in [0.05, 0.1) is 11.0 Å². The second kappa shape index (κ2) is 5.12. The van der Waals surface area contributed by atoms with Crippen molar-refractivity contribution >= 4 is 11.4 Å². The molecular formula is C13H14FN5O2. The lowest BCUT2D eigenvalue weighted by Crippen LogP contribution is -2.14. The van der Waals surface area contributed by atoms with Crippen LogP contribution >= 0.6 is 0 Å². The molecule has 3 rings (SSSR count). The summed E-state index contributed by atoms with van der Waals surface area (Å²) in [6.45, 7) is 2.67. The summed E-state index contributed by atoms with van der Waals surface area (Å²) in [6, 6.07) is 3.69. The van der Waals surface area contributed by atoms with Gasteiger partial charge in [-0.25, -0.2) is 0 Å². The molecule has 110 valence electrons. The van der Waals surface area contributed by atoms with Gasteiger partial charge in [0, 0.05) is 13.0 Å². The van der Waals surface area contributed by atoms with E-state index in [2.05, 4.69) is 15.5 Å². The van der Waals surface area contributed by atoms with Gasteiger partial charge in [0.1, 0.15) is 11.5 Å². The Labute approximate surface area is 120 Å². The zero-order valence-corrected chi connectivity index (χ0v) is 11.4. The Hall–Kier alpha value is -2.51. The van der Waals surface area contributed by atoms with Crippen molar-refractivity contribution in [3.8, 4) is 0 Å². The lowest BCUT2D eigenvalue weighted by molar-refractivity contribution is -0.386. The van der Waals surface area contributed by atoms with Crippen LogP contribution in [0.15, 0.2) is 18.2 Å². The Kier molecular flexibility index (Phi) is 3.28. The van der Waals surface area contributed by atoms with Crippen LogP contribution in [0.25, 0.3) is 0 Å². The van der Waals surface area contributed by atoms with Gasteiger partial charge in [0.2, 0.25) is 5.82 Å². The first-order chi connectivity index (χ1) is 10.1. The van der Waals surface area contributed by atoms with Gasteiger partial charge in [-0.15, -0.1) is 10.2 Å². The van der Waals surface area contributed by atoms with Crippen molar-refractivity contribution in [3.05, 3.63) is 45.8 Å². The van der Waals surface area contributed by atoms with Crippen molar-refractivity contribution in [2.45, 2.75) is 32.4 Å². The highest BCUT2D eigenvalue weighted by Crippen LogP contribution is 2.30. The molecule has 21 heavy (non-hydrogen) atoms. The highest BCUT2D eigenvalue weighted by Gasteiger charge is 2.25. The lowest BCUT2D eigenvalue weighted by atomic mass is 10.2. The first-order valence-electron chi connectivity index (χ1n) is 6.69. The van der Waals surface area contributed by atoms with Gasteiger partial charge in [-0.05, 0) is 25.5 Å². The SMILES string of the molecule is C[C@H](Nc1cccc(F)c1[N+](=O)[O-])c1nnc2n1CCC2. The normalized spacial score (nSPS) is 14.8. The number of halogens is 1. The van der Waals surface area contributed by atoms with Crippen LogP contribution in [0, 0.1) is 15.9 Å². The van der Waals surface area contributed by atoms with Crippen molar-refractivity contribution in [1.29, 1.82) is 0 Å². The monoisotopic (exact) mass is 291 g/mol. The summed E-state index contributed by atoms with van der Waals surface area (Å²) in [4.78, 5) is 10.3. The maximum absolute atomic E-state index is 13.6. The van der Waals surface area contributed by atoms with Crippen LogP contribution < -0.4 is 5.32 Å². The Morgan fingerprint density at radius 3 is 3.05 bits per heavy atom. The number of anilines is 1. The van der Waals surface area contributed by atoms with Crippen molar-refractivity contribution in [2.75, 3.05) is 5.32 Å². The first-order valence-corrected chi connectivity index (χ1v) is 6.69. The number of aromatic nitrogens is 3. The maximum atomic E-state index is 13.6. The number of nitrogens with one attached hydrogen (secondary N) is 1. The van der Waals surface area contributed by atoms with Gasteiger partial charge in [-0.3, -0.25) is 10.1 Å². The van der Waals surface area contributed by atoms with Gasteiger partial charge in [-0.1, -0.05) is 6.07 Å². The third-order valence-corrected chi connectivity index (χ3v) is 3.57. The molecule has 0 spiro atoms. The molecule has 1 aromatic carbocycles. The molecule has 1 N–H and O–H groups in total.